The van der Waals surface area contributed by atoms with Crippen LogP contribution in [0.25, 0.3) is 0 Å². The molecule has 0 radical (unpaired) electrons. The predicted octanol–water partition coefficient (Wildman–Crippen LogP) is 4.66. The molecule has 2 aromatic carbocycles. The Morgan fingerprint density at radius 1 is 1.14 bits per heavy atom. The molecule has 4 rings (SSSR count). The summed E-state index contributed by atoms with van der Waals surface area (Å²) in [5, 5.41) is 7.85. The smallest absolute Gasteiger partial charge is 0.277 e. The minimum absolute atomic E-state index is 0.111. The summed E-state index contributed by atoms with van der Waals surface area (Å²) >= 11 is 12.1. The minimum atomic E-state index is -0.385. The summed E-state index contributed by atoms with van der Waals surface area (Å²) in [5.41, 5.74) is 1.74. The molecular weight excluding hydrogens is 399 g/mol. The van der Waals surface area contributed by atoms with Crippen LogP contribution in [0.4, 0.5) is 11.4 Å². The molecule has 0 spiro atoms. The van der Waals surface area contributed by atoms with E-state index < -0.39 is 0 Å². The van der Waals surface area contributed by atoms with Gasteiger partial charge in [0, 0.05) is 17.9 Å². The number of fused-ring (bicyclic) bond motifs is 1. The van der Waals surface area contributed by atoms with Crippen molar-refractivity contribution in [1.82, 2.24) is 9.78 Å². The van der Waals surface area contributed by atoms with Crippen molar-refractivity contribution in [3.8, 4) is 0 Å². The molecule has 1 atom stereocenters. The first-order valence-corrected chi connectivity index (χ1v) is 9.42. The summed E-state index contributed by atoms with van der Waals surface area (Å²) in [7, 11) is 0. The van der Waals surface area contributed by atoms with Crippen molar-refractivity contribution in [2.75, 3.05) is 16.8 Å². The van der Waals surface area contributed by atoms with E-state index in [-0.39, 0.29) is 29.1 Å². The Balaban J connectivity index is 1.69. The second-order valence-corrected chi connectivity index (χ2v) is 7.35. The first kappa shape index (κ1) is 18.5. The van der Waals surface area contributed by atoms with E-state index in [1.807, 2.05) is 25.1 Å². The maximum Gasteiger partial charge on any atom is 0.277 e. The van der Waals surface area contributed by atoms with E-state index >= 15 is 0 Å². The molecular formula is C20H16Cl2N4O2. The van der Waals surface area contributed by atoms with E-state index in [9.17, 15) is 9.59 Å². The Kier molecular flexibility index (Phi) is 4.83. The van der Waals surface area contributed by atoms with Gasteiger partial charge in [-0.1, -0.05) is 41.4 Å². The normalized spacial score (nSPS) is 16.0. The monoisotopic (exact) mass is 414 g/mol. The van der Waals surface area contributed by atoms with Crippen molar-refractivity contribution < 1.29 is 9.59 Å². The fourth-order valence-corrected chi connectivity index (χ4v) is 3.52. The molecule has 8 heteroatoms. The van der Waals surface area contributed by atoms with E-state index in [2.05, 4.69) is 10.4 Å². The topological polar surface area (TPSA) is 67.2 Å². The van der Waals surface area contributed by atoms with Crippen molar-refractivity contribution in [1.29, 1.82) is 0 Å². The number of nitrogens with zero attached hydrogens (tertiary/aromatic N) is 3. The van der Waals surface area contributed by atoms with Crippen LogP contribution >= 0.6 is 23.2 Å². The largest absolute Gasteiger partial charge is 0.322 e. The van der Waals surface area contributed by atoms with Crippen LogP contribution < -0.4 is 10.2 Å². The van der Waals surface area contributed by atoms with Crippen molar-refractivity contribution >= 4 is 46.4 Å². The summed E-state index contributed by atoms with van der Waals surface area (Å²) in [5.74, 6) is -0.698. The molecule has 28 heavy (non-hydrogen) atoms. The number of nitrogens with one attached hydrogen (secondary N) is 1. The number of carbonyl (C=O) groups excluding carboxylic acids is 2. The molecule has 1 aromatic heterocycles. The molecule has 142 valence electrons. The lowest BCUT2D eigenvalue weighted by Crippen LogP contribution is -2.43. The summed E-state index contributed by atoms with van der Waals surface area (Å²) in [6, 6.07) is 14.0. The van der Waals surface area contributed by atoms with Gasteiger partial charge in [-0.15, -0.1) is 0 Å². The number of aromatic nitrogens is 2. The zero-order valence-electron chi connectivity index (χ0n) is 14.9. The van der Waals surface area contributed by atoms with Gasteiger partial charge in [0.2, 0.25) is 0 Å². The van der Waals surface area contributed by atoms with E-state index in [1.165, 1.54) is 6.20 Å². The van der Waals surface area contributed by atoms with Crippen LogP contribution in [-0.2, 0) is 0 Å². The van der Waals surface area contributed by atoms with Gasteiger partial charge in [-0.3, -0.25) is 14.3 Å². The van der Waals surface area contributed by atoms with Gasteiger partial charge in [0.15, 0.2) is 0 Å². The lowest BCUT2D eigenvalue weighted by Gasteiger charge is -2.32. The second kappa shape index (κ2) is 7.30. The molecule has 0 aliphatic carbocycles. The number of hydrogen-bond acceptors (Lipinski definition) is 3. The van der Waals surface area contributed by atoms with Gasteiger partial charge in [0.05, 0.1) is 27.8 Å². The number of halogens is 2. The van der Waals surface area contributed by atoms with Gasteiger partial charge in [-0.25, -0.2) is 0 Å². The van der Waals surface area contributed by atoms with Crippen molar-refractivity contribution in [2.24, 2.45) is 0 Å². The highest BCUT2D eigenvalue weighted by atomic mass is 35.5. The number of anilines is 2. The SMILES string of the molecule is C[C@H]1CN(c2ccc(Cl)c(Cl)c2)C(=O)c2c(C(=O)Nc3ccccc3)cnn21. The zero-order valence-corrected chi connectivity index (χ0v) is 16.4. The molecule has 1 aliphatic rings. The van der Waals surface area contributed by atoms with E-state index in [1.54, 1.807) is 39.9 Å². The van der Waals surface area contributed by atoms with E-state index in [4.69, 9.17) is 23.2 Å². The van der Waals surface area contributed by atoms with Crippen LogP contribution in [0, 0.1) is 0 Å². The maximum absolute atomic E-state index is 13.2. The molecule has 0 saturated heterocycles. The number of carbonyl (C=O) groups is 2. The highest BCUT2D eigenvalue weighted by molar-refractivity contribution is 6.42. The van der Waals surface area contributed by atoms with Gasteiger partial charge in [0.25, 0.3) is 11.8 Å². The summed E-state index contributed by atoms with van der Waals surface area (Å²) in [6.07, 6.45) is 1.43. The van der Waals surface area contributed by atoms with Gasteiger partial charge >= 0.3 is 0 Å². The zero-order chi connectivity index (χ0) is 19.8. The lowest BCUT2D eigenvalue weighted by atomic mass is 10.1. The third kappa shape index (κ3) is 3.25. The molecule has 0 saturated carbocycles. The molecule has 1 aliphatic heterocycles. The molecule has 0 fully saturated rings. The first-order chi connectivity index (χ1) is 13.5. The van der Waals surface area contributed by atoms with Gasteiger partial charge in [-0.2, -0.15) is 5.10 Å². The molecule has 1 N–H and O–H groups in total. The maximum atomic E-state index is 13.2. The molecule has 0 unspecified atom stereocenters. The molecule has 0 bridgehead atoms. The third-order valence-corrected chi connectivity index (χ3v) is 5.34. The summed E-state index contributed by atoms with van der Waals surface area (Å²) in [6.45, 7) is 2.34. The third-order valence-electron chi connectivity index (χ3n) is 4.60. The van der Waals surface area contributed by atoms with Crippen LogP contribution in [0.5, 0.6) is 0 Å². The number of benzene rings is 2. The Morgan fingerprint density at radius 2 is 1.89 bits per heavy atom. The van der Waals surface area contributed by atoms with Gasteiger partial charge in [-0.05, 0) is 37.3 Å². The standard InChI is InChI=1S/C20H16Cl2N4O2/c1-12-11-25(14-7-8-16(21)17(22)9-14)20(28)18-15(10-23-26(12)18)19(27)24-13-5-3-2-4-6-13/h2-10,12H,11H2,1H3,(H,24,27)/t12-/m0/s1. The molecule has 6 nitrogen and oxygen atoms in total. The number of rotatable bonds is 3. The van der Waals surface area contributed by atoms with Crippen LogP contribution in [-0.4, -0.2) is 28.1 Å². The fraction of sp³-hybridized carbons (Fsp3) is 0.150. The van der Waals surface area contributed by atoms with E-state index in [0.29, 0.717) is 28.0 Å². The van der Waals surface area contributed by atoms with Crippen LogP contribution in [0.2, 0.25) is 10.0 Å². The number of hydrogen-bond donors (Lipinski definition) is 1. The molecule has 2 heterocycles. The highest BCUT2D eigenvalue weighted by Crippen LogP contribution is 2.32. The van der Waals surface area contributed by atoms with Crippen LogP contribution in [0.15, 0.2) is 54.7 Å². The van der Waals surface area contributed by atoms with Crippen molar-refractivity contribution in [3.05, 3.63) is 76.0 Å². The minimum Gasteiger partial charge on any atom is -0.322 e. The fourth-order valence-electron chi connectivity index (χ4n) is 3.22. The average Bonchev–Trinajstić information content (AvgIpc) is 3.14. The average molecular weight is 415 g/mol. The Hall–Kier alpha value is -2.83. The lowest BCUT2D eigenvalue weighted by molar-refractivity contribution is 0.0939. The van der Waals surface area contributed by atoms with Gasteiger partial charge in [0.1, 0.15) is 5.69 Å². The molecule has 3 aromatic rings. The van der Waals surface area contributed by atoms with E-state index in [0.717, 1.165) is 0 Å². The van der Waals surface area contributed by atoms with Crippen LogP contribution in [0.1, 0.15) is 33.8 Å². The van der Waals surface area contributed by atoms with Crippen molar-refractivity contribution in [3.63, 3.8) is 0 Å². The Bertz CT molecular complexity index is 1070. The Labute approximate surface area is 171 Å². The second-order valence-electron chi connectivity index (χ2n) is 6.53. The Morgan fingerprint density at radius 3 is 2.61 bits per heavy atom. The summed E-state index contributed by atoms with van der Waals surface area (Å²) in [4.78, 5) is 27.6. The predicted molar refractivity (Wildman–Crippen MR) is 109 cm³/mol. The van der Waals surface area contributed by atoms with Crippen LogP contribution in [0.3, 0.4) is 0 Å². The molecule has 2 amide bonds. The van der Waals surface area contributed by atoms with Crippen molar-refractivity contribution in [2.45, 2.75) is 13.0 Å². The van der Waals surface area contributed by atoms with Gasteiger partial charge < -0.3 is 10.2 Å². The number of para-hydroxylation sites is 1. The first-order valence-electron chi connectivity index (χ1n) is 8.66. The highest BCUT2D eigenvalue weighted by Gasteiger charge is 2.35. The quantitative estimate of drug-likeness (QED) is 0.677. The summed E-state index contributed by atoms with van der Waals surface area (Å²) < 4.78 is 1.59. The number of amides is 2.